The van der Waals surface area contributed by atoms with E-state index in [1.54, 1.807) is 0 Å². The van der Waals surface area contributed by atoms with Crippen LogP contribution in [0.3, 0.4) is 0 Å². The summed E-state index contributed by atoms with van der Waals surface area (Å²) in [5, 5.41) is 7.64. The SMILES string of the molecule is N=C1CCCCN1C1CC1. The molecule has 0 radical (unpaired) electrons. The number of nitrogens with zero attached hydrogens (tertiary/aromatic N) is 1. The van der Waals surface area contributed by atoms with Crippen molar-refractivity contribution < 1.29 is 0 Å². The first-order valence-corrected chi connectivity index (χ1v) is 4.22. The standard InChI is InChI=1S/C8H14N2/c9-8-3-1-2-6-10(8)7-4-5-7/h7,9H,1-6H2. The van der Waals surface area contributed by atoms with Crippen LogP contribution >= 0.6 is 0 Å². The lowest BCUT2D eigenvalue weighted by Gasteiger charge is -2.29. The van der Waals surface area contributed by atoms with Crippen molar-refractivity contribution in [3.05, 3.63) is 0 Å². The maximum Gasteiger partial charge on any atom is 0.0960 e. The number of likely N-dealkylation sites (tertiary alicyclic amines) is 1. The Bertz CT molecular complexity index is 149. The molecule has 56 valence electrons. The summed E-state index contributed by atoms with van der Waals surface area (Å²) < 4.78 is 0. The second kappa shape index (κ2) is 2.26. The molecule has 0 bridgehead atoms. The second-order valence-corrected chi connectivity index (χ2v) is 3.33. The van der Waals surface area contributed by atoms with Crippen molar-refractivity contribution in [3.8, 4) is 0 Å². The molecule has 2 fully saturated rings. The lowest BCUT2D eigenvalue weighted by atomic mass is 10.1. The lowest BCUT2D eigenvalue weighted by molar-refractivity contribution is 0.359. The first-order valence-electron chi connectivity index (χ1n) is 4.22. The van der Waals surface area contributed by atoms with Gasteiger partial charge in [-0.05, 0) is 25.7 Å². The zero-order valence-corrected chi connectivity index (χ0v) is 6.27. The average molecular weight is 138 g/mol. The largest absolute Gasteiger partial charge is 0.358 e. The summed E-state index contributed by atoms with van der Waals surface area (Å²) >= 11 is 0. The Labute approximate surface area is 61.7 Å². The van der Waals surface area contributed by atoms with Gasteiger partial charge in [0.15, 0.2) is 0 Å². The van der Waals surface area contributed by atoms with Crippen LogP contribution in [0.15, 0.2) is 0 Å². The molecule has 0 aromatic heterocycles. The molecule has 0 spiro atoms. The first-order chi connectivity index (χ1) is 4.88. The third-order valence-corrected chi connectivity index (χ3v) is 2.40. The van der Waals surface area contributed by atoms with Crippen LogP contribution in [0, 0.1) is 5.41 Å². The molecule has 0 aromatic rings. The highest BCUT2D eigenvalue weighted by Crippen LogP contribution is 2.29. The molecular weight excluding hydrogens is 124 g/mol. The number of hydrogen-bond acceptors (Lipinski definition) is 1. The highest BCUT2D eigenvalue weighted by atomic mass is 15.2. The first kappa shape index (κ1) is 6.20. The third kappa shape index (κ3) is 1.02. The molecule has 10 heavy (non-hydrogen) atoms. The van der Waals surface area contributed by atoms with E-state index >= 15 is 0 Å². The minimum absolute atomic E-state index is 0.771. The molecule has 1 heterocycles. The van der Waals surface area contributed by atoms with Gasteiger partial charge in [-0.3, -0.25) is 5.41 Å². The molecule has 0 amide bonds. The monoisotopic (exact) mass is 138 g/mol. The van der Waals surface area contributed by atoms with Gasteiger partial charge in [-0.25, -0.2) is 0 Å². The fourth-order valence-electron chi connectivity index (χ4n) is 1.64. The molecule has 2 heteroatoms. The molecule has 0 atom stereocenters. The number of rotatable bonds is 1. The minimum atomic E-state index is 0.771. The van der Waals surface area contributed by atoms with Gasteiger partial charge in [0.05, 0.1) is 5.84 Å². The lowest BCUT2D eigenvalue weighted by Crippen LogP contribution is -2.36. The summed E-state index contributed by atoms with van der Waals surface area (Å²) in [7, 11) is 0. The molecular formula is C8H14N2. The van der Waals surface area contributed by atoms with E-state index in [1.165, 1.54) is 25.7 Å². The fraction of sp³-hybridized carbons (Fsp3) is 0.875. The summed E-state index contributed by atoms with van der Waals surface area (Å²) in [4.78, 5) is 2.30. The van der Waals surface area contributed by atoms with E-state index < -0.39 is 0 Å². The van der Waals surface area contributed by atoms with E-state index in [9.17, 15) is 0 Å². The van der Waals surface area contributed by atoms with E-state index in [2.05, 4.69) is 4.90 Å². The van der Waals surface area contributed by atoms with Crippen molar-refractivity contribution in [1.82, 2.24) is 4.90 Å². The predicted octanol–water partition coefficient (Wildman–Crippen LogP) is 1.61. The third-order valence-electron chi connectivity index (χ3n) is 2.40. The van der Waals surface area contributed by atoms with Crippen LogP contribution in [-0.4, -0.2) is 23.3 Å². The number of hydrogen-bond donors (Lipinski definition) is 1. The molecule has 1 aliphatic heterocycles. The maximum atomic E-state index is 7.64. The van der Waals surface area contributed by atoms with Gasteiger partial charge in [0.1, 0.15) is 0 Å². The second-order valence-electron chi connectivity index (χ2n) is 3.33. The smallest absolute Gasteiger partial charge is 0.0960 e. The van der Waals surface area contributed by atoms with E-state index in [0.717, 1.165) is 24.8 Å². The quantitative estimate of drug-likeness (QED) is 0.585. The van der Waals surface area contributed by atoms with Gasteiger partial charge in [0.25, 0.3) is 0 Å². The molecule has 1 saturated heterocycles. The summed E-state index contributed by atoms with van der Waals surface area (Å²) in [6, 6.07) is 0.771. The van der Waals surface area contributed by atoms with Gasteiger partial charge in [-0.1, -0.05) is 0 Å². The fourth-order valence-corrected chi connectivity index (χ4v) is 1.64. The average Bonchev–Trinajstić information content (AvgIpc) is 2.71. The number of amidine groups is 1. The normalized spacial score (nSPS) is 27.2. The molecule has 0 unspecified atom stereocenters. The summed E-state index contributed by atoms with van der Waals surface area (Å²) in [5.41, 5.74) is 0. The predicted molar refractivity (Wildman–Crippen MR) is 41.3 cm³/mol. The van der Waals surface area contributed by atoms with Crippen molar-refractivity contribution >= 4 is 5.84 Å². The van der Waals surface area contributed by atoms with Crippen molar-refractivity contribution in [1.29, 1.82) is 5.41 Å². The number of piperidine rings is 1. The van der Waals surface area contributed by atoms with Crippen LogP contribution in [0.1, 0.15) is 32.1 Å². The van der Waals surface area contributed by atoms with Crippen molar-refractivity contribution in [2.24, 2.45) is 0 Å². The van der Waals surface area contributed by atoms with Gasteiger partial charge in [0, 0.05) is 19.0 Å². The minimum Gasteiger partial charge on any atom is -0.358 e. The molecule has 1 N–H and O–H groups in total. The molecule has 1 saturated carbocycles. The summed E-state index contributed by atoms with van der Waals surface area (Å²) in [6.45, 7) is 1.16. The Balaban J connectivity index is 1.96. The Morgan fingerprint density at radius 1 is 1.30 bits per heavy atom. The van der Waals surface area contributed by atoms with E-state index in [1.807, 2.05) is 0 Å². The molecule has 2 nitrogen and oxygen atoms in total. The van der Waals surface area contributed by atoms with E-state index in [4.69, 9.17) is 5.41 Å². The topological polar surface area (TPSA) is 27.1 Å². The van der Waals surface area contributed by atoms with Crippen LogP contribution in [-0.2, 0) is 0 Å². The van der Waals surface area contributed by atoms with Gasteiger partial charge in [-0.15, -0.1) is 0 Å². The molecule has 2 rings (SSSR count). The Morgan fingerprint density at radius 2 is 2.10 bits per heavy atom. The summed E-state index contributed by atoms with van der Waals surface area (Å²) in [6.07, 6.45) is 6.24. The maximum absolute atomic E-state index is 7.64. The molecule has 2 aliphatic rings. The van der Waals surface area contributed by atoms with Crippen molar-refractivity contribution in [3.63, 3.8) is 0 Å². The number of nitrogens with one attached hydrogen (secondary N) is 1. The van der Waals surface area contributed by atoms with Crippen LogP contribution in [0.4, 0.5) is 0 Å². The molecule has 1 aliphatic carbocycles. The Hall–Kier alpha value is -0.530. The zero-order chi connectivity index (χ0) is 6.97. The van der Waals surface area contributed by atoms with Gasteiger partial charge >= 0.3 is 0 Å². The highest BCUT2D eigenvalue weighted by molar-refractivity contribution is 5.80. The molecule has 0 aromatic carbocycles. The van der Waals surface area contributed by atoms with Crippen molar-refractivity contribution in [2.45, 2.75) is 38.1 Å². The highest BCUT2D eigenvalue weighted by Gasteiger charge is 2.31. The summed E-state index contributed by atoms with van der Waals surface area (Å²) in [5.74, 6) is 0.897. The van der Waals surface area contributed by atoms with E-state index in [-0.39, 0.29) is 0 Å². The van der Waals surface area contributed by atoms with Crippen LogP contribution < -0.4 is 0 Å². The Kier molecular flexibility index (Phi) is 1.40. The van der Waals surface area contributed by atoms with Crippen LogP contribution in [0.2, 0.25) is 0 Å². The van der Waals surface area contributed by atoms with Crippen LogP contribution in [0.5, 0.6) is 0 Å². The zero-order valence-electron chi connectivity index (χ0n) is 6.27. The Morgan fingerprint density at radius 3 is 2.70 bits per heavy atom. The van der Waals surface area contributed by atoms with Gasteiger partial charge < -0.3 is 4.90 Å². The van der Waals surface area contributed by atoms with Gasteiger partial charge in [-0.2, -0.15) is 0 Å². The van der Waals surface area contributed by atoms with Gasteiger partial charge in [0.2, 0.25) is 0 Å². The van der Waals surface area contributed by atoms with Crippen molar-refractivity contribution in [2.75, 3.05) is 6.54 Å². The van der Waals surface area contributed by atoms with E-state index in [0.29, 0.717) is 0 Å². The van der Waals surface area contributed by atoms with Crippen LogP contribution in [0.25, 0.3) is 0 Å².